The molecule has 0 spiro atoms. The lowest BCUT2D eigenvalue weighted by molar-refractivity contribution is 0.312. The van der Waals surface area contributed by atoms with E-state index in [-0.39, 0.29) is 6.61 Å². The summed E-state index contributed by atoms with van der Waals surface area (Å²) in [4.78, 5) is 0.784. The first-order valence-electron chi connectivity index (χ1n) is 6.37. The molecular weight excluding hydrogens is 296 g/mol. The van der Waals surface area contributed by atoms with E-state index in [0.717, 1.165) is 29.6 Å². The van der Waals surface area contributed by atoms with Crippen molar-refractivity contribution in [1.82, 2.24) is 0 Å². The van der Waals surface area contributed by atoms with E-state index in [1.807, 2.05) is 37.3 Å². The molecule has 1 aromatic carbocycles. The van der Waals surface area contributed by atoms with Crippen LogP contribution in [-0.2, 0) is 25.1 Å². The molecular formula is C14H20O4S2. The molecule has 0 aliphatic carbocycles. The van der Waals surface area contributed by atoms with Gasteiger partial charge in [0, 0.05) is 10.3 Å². The molecule has 1 unspecified atom stereocenters. The summed E-state index contributed by atoms with van der Waals surface area (Å²) in [6, 6.07) is 7.58. The average molecular weight is 316 g/mol. The predicted octanol–water partition coefficient (Wildman–Crippen LogP) is 2.76. The molecule has 0 aliphatic rings. The summed E-state index contributed by atoms with van der Waals surface area (Å²) < 4.78 is 37.9. The van der Waals surface area contributed by atoms with Crippen LogP contribution >= 0.6 is 0 Å². The van der Waals surface area contributed by atoms with Crippen molar-refractivity contribution >= 4 is 20.9 Å². The monoisotopic (exact) mass is 316 g/mol. The Hall–Kier alpha value is -0.980. The molecule has 4 nitrogen and oxygen atoms in total. The van der Waals surface area contributed by atoms with Crippen LogP contribution in [-0.4, -0.2) is 25.5 Å². The van der Waals surface area contributed by atoms with Crippen LogP contribution in [0.1, 0.15) is 24.8 Å². The number of benzene rings is 1. The molecule has 1 aromatic rings. The first-order chi connectivity index (χ1) is 9.38. The fourth-order valence-electron chi connectivity index (χ4n) is 1.48. The summed E-state index contributed by atoms with van der Waals surface area (Å²) in [7, 11) is -4.46. The quantitative estimate of drug-likeness (QED) is 0.546. The van der Waals surface area contributed by atoms with Crippen LogP contribution in [0, 0.1) is 6.92 Å². The Kier molecular flexibility index (Phi) is 7.12. The molecule has 0 bridgehead atoms. The number of aryl methyl sites for hydroxylation is 1. The first-order valence-corrected chi connectivity index (χ1v) is 9.40. The molecule has 0 saturated carbocycles. The van der Waals surface area contributed by atoms with Crippen LogP contribution in [0.25, 0.3) is 0 Å². The Bertz CT molecular complexity index is 559. The van der Waals surface area contributed by atoms with Gasteiger partial charge < -0.3 is 0 Å². The number of hydrogen-bond acceptors (Lipinski definition) is 4. The van der Waals surface area contributed by atoms with Gasteiger partial charge >= 0.3 is 0 Å². The SMILES string of the molecule is Cc1ccc(S(=O)/C=C/CCCCOS(C)(=O)=O)cc1. The Balaban J connectivity index is 2.24. The average Bonchev–Trinajstić information content (AvgIpc) is 2.37. The summed E-state index contributed by atoms with van der Waals surface area (Å²) in [5.41, 5.74) is 1.14. The summed E-state index contributed by atoms with van der Waals surface area (Å²) in [6.45, 7) is 2.19. The topological polar surface area (TPSA) is 60.4 Å². The Morgan fingerprint density at radius 3 is 2.45 bits per heavy atom. The number of hydrogen-bond donors (Lipinski definition) is 0. The molecule has 112 valence electrons. The van der Waals surface area contributed by atoms with Crippen LogP contribution in [0.5, 0.6) is 0 Å². The van der Waals surface area contributed by atoms with E-state index >= 15 is 0 Å². The lowest BCUT2D eigenvalue weighted by Gasteiger charge is -1.99. The molecule has 1 atom stereocenters. The van der Waals surface area contributed by atoms with Gasteiger partial charge in [-0.05, 0) is 38.3 Å². The Morgan fingerprint density at radius 2 is 1.85 bits per heavy atom. The fraction of sp³-hybridized carbons (Fsp3) is 0.429. The predicted molar refractivity (Wildman–Crippen MR) is 81.4 cm³/mol. The lowest BCUT2D eigenvalue weighted by atomic mass is 10.2. The van der Waals surface area contributed by atoms with Crippen LogP contribution in [0.4, 0.5) is 0 Å². The van der Waals surface area contributed by atoms with Gasteiger partial charge in [-0.1, -0.05) is 23.8 Å². The second-order valence-corrected chi connectivity index (χ2v) is 7.49. The van der Waals surface area contributed by atoms with Gasteiger partial charge in [0.05, 0.1) is 23.7 Å². The van der Waals surface area contributed by atoms with E-state index in [2.05, 4.69) is 4.18 Å². The van der Waals surface area contributed by atoms with Crippen molar-refractivity contribution in [1.29, 1.82) is 0 Å². The third kappa shape index (κ3) is 7.57. The minimum Gasteiger partial charge on any atom is -0.270 e. The van der Waals surface area contributed by atoms with Crippen molar-refractivity contribution in [2.45, 2.75) is 31.1 Å². The van der Waals surface area contributed by atoms with E-state index in [0.29, 0.717) is 6.42 Å². The van der Waals surface area contributed by atoms with Gasteiger partial charge in [-0.2, -0.15) is 8.42 Å². The highest BCUT2D eigenvalue weighted by molar-refractivity contribution is 7.88. The van der Waals surface area contributed by atoms with Gasteiger partial charge in [-0.15, -0.1) is 0 Å². The number of allylic oxidation sites excluding steroid dienone is 1. The van der Waals surface area contributed by atoms with E-state index < -0.39 is 20.9 Å². The van der Waals surface area contributed by atoms with Gasteiger partial charge in [0.15, 0.2) is 0 Å². The minimum absolute atomic E-state index is 0.202. The molecule has 1 rings (SSSR count). The van der Waals surface area contributed by atoms with Crippen molar-refractivity contribution in [2.75, 3.05) is 12.9 Å². The van der Waals surface area contributed by atoms with Gasteiger partial charge in [-0.3, -0.25) is 4.18 Å². The van der Waals surface area contributed by atoms with Crippen molar-refractivity contribution in [3.8, 4) is 0 Å². The van der Waals surface area contributed by atoms with Crippen LogP contribution < -0.4 is 0 Å². The van der Waals surface area contributed by atoms with Crippen LogP contribution in [0.2, 0.25) is 0 Å². The smallest absolute Gasteiger partial charge is 0.264 e. The highest BCUT2D eigenvalue weighted by atomic mass is 32.2. The summed E-state index contributed by atoms with van der Waals surface area (Å²) in [5.74, 6) is 0. The van der Waals surface area contributed by atoms with Gasteiger partial charge in [0.25, 0.3) is 10.1 Å². The van der Waals surface area contributed by atoms with E-state index in [9.17, 15) is 12.6 Å². The standard InChI is InChI=1S/C14H20O4S2/c1-13-7-9-14(10-8-13)19(15)12-6-4-3-5-11-18-20(2,16)17/h6-10,12H,3-5,11H2,1-2H3/b12-6+. The van der Waals surface area contributed by atoms with Crippen molar-refractivity contribution in [2.24, 2.45) is 0 Å². The number of unbranched alkanes of at least 4 members (excludes halogenated alkanes) is 2. The highest BCUT2D eigenvalue weighted by Gasteiger charge is 2.00. The van der Waals surface area contributed by atoms with Crippen LogP contribution in [0.3, 0.4) is 0 Å². The maximum atomic E-state index is 11.9. The van der Waals surface area contributed by atoms with E-state index in [1.54, 1.807) is 5.41 Å². The van der Waals surface area contributed by atoms with Crippen molar-refractivity contribution in [3.05, 3.63) is 41.3 Å². The van der Waals surface area contributed by atoms with E-state index in [1.165, 1.54) is 0 Å². The molecule has 0 heterocycles. The van der Waals surface area contributed by atoms with Gasteiger partial charge in [0.2, 0.25) is 0 Å². The first kappa shape index (κ1) is 17.1. The molecule has 20 heavy (non-hydrogen) atoms. The fourth-order valence-corrected chi connectivity index (χ4v) is 2.77. The number of rotatable bonds is 8. The molecule has 0 N–H and O–H groups in total. The molecule has 6 heteroatoms. The maximum absolute atomic E-state index is 11.9. The second-order valence-electron chi connectivity index (χ2n) is 4.50. The van der Waals surface area contributed by atoms with Crippen LogP contribution in [0.15, 0.2) is 40.6 Å². The molecule has 0 aromatic heterocycles. The van der Waals surface area contributed by atoms with Crippen molar-refractivity contribution in [3.63, 3.8) is 0 Å². The Labute approximate surface area is 123 Å². The molecule has 0 aliphatic heterocycles. The lowest BCUT2D eigenvalue weighted by Crippen LogP contribution is -2.03. The third-order valence-electron chi connectivity index (χ3n) is 2.54. The Morgan fingerprint density at radius 1 is 1.20 bits per heavy atom. The molecule has 0 radical (unpaired) electrons. The largest absolute Gasteiger partial charge is 0.270 e. The second kappa shape index (κ2) is 8.34. The minimum atomic E-state index is -3.34. The van der Waals surface area contributed by atoms with Gasteiger partial charge in [-0.25, -0.2) is 4.21 Å². The maximum Gasteiger partial charge on any atom is 0.264 e. The molecule has 0 amide bonds. The highest BCUT2D eigenvalue weighted by Crippen LogP contribution is 2.10. The van der Waals surface area contributed by atoms with Gasteiger partial charge in [0.1, 0.15) is 0 Å². The third-order valence-corrected chi connectivity index (χ3v) is 4.31. The summed E-state index contributed by atoms with van der Waals surface area (Å²) in [5, 5.41) is 1.67. The van der Waals surface area contributed by atoms with E-state index in [4.69, 9.17) is 0 Å². The molecule has 0 saturated heterocycles. The summed E-state index contributed by atoms with van der Waals surface area (Å²) in [6.07, 6.45) is 5.12. The molecule has 0 fully saturated rings. The zero-order chi connectivity index (χ0) is 15.0. The van der Waals surface area contributed by atoms with Crippen molar-refractivity contribution < 1.29 is 16.8 Å². The zero-order valence-electron chi connectivity index (χ0n) is 11.7. The zero-order valence-corrected chi connectivity index (χ0v) is 13.4. The summed E-state index contributed by atoms with van der Waals surface area (Å²) >= 11 is 0. The normalized spacial score (nSPS) is 13.7.